The molecule has 1 N–H and O–H groups in total. The standard InChI is InChI=1S/C19H22N2O2/c1-14-9-10-15(13-18(14)23-2)19(22)20-16-7-3-4-8-17(16)21-11-5-6-12-21/h3-4,7-10,13H,5-6,11-12H2,1-2H3,(H,20,22). The van der Waals surface area contributed by atoms with E-state index in [0.29, 0.717) is 5.56 Å². The lowest BCUT2D eigenvalue weighted by Crippen LogP contribution is -2.21. The highest BCUT2D eigenvalue weighted by molar-refractivity contribution is 6.06. The second kappa shape index (κ2) is 6.73. The van der Waals surface area contributed by atoms with Crippen molar-refractivity contribution in [2.24, 2.45) is 0 Å². The molecule has 2 aromatic carbocycles. The highest BCUT2D eigenvalue weighted by atomic mass is 16.5. The van der Waals surface area contributed by atoms with Crippen LogP contribution in [-0.4, -0.2) is 26.1 Å². The zero-order chi connectivity index (χ0) is 16.2. The molecule has 0 unspecified atom stereocenters. The lowest BCUT2D eigenvalue weighted by molar-refractivity contribution is 0.102. The first-order chi connectivity index (χ1) is 11.2. The van der Waals surface area contributed by atoms with Gasteiger partial charge in [0.1, 0.15) is 5.75 Å². The van der Waals surface area contributed by atoms with Gasteiger partial charge < -0.3 is 15.0 Å². The number of hydrogen-bond donors (Lipinski definition) is 1. The van der Waals surface area contributed by atoms with Gasteiger partial charge in [0, 0.05) is 18.7 Å². The molecule has 1 amide bonds. The molecular weight excluding hydrogens is 288 g/mol. The number of anilines is 2. The topological polar surface area (TPSA) is 41.6 Å². The van der Waals surface area contributed by atoms with Crippen molar-refractivity contribution in [3.8, 4) is 5.75 Å². The minimum atomic E-state index is -0.116. The fraction of sp³-hybridized carbons (Fsp3) is 0.316. The first-order valence-corrected chi connectivity index (χ1v) is 7.99. The number of aryl methyl sites for hydroxylation is 1. The van der Waals surface area contributed by atoms with E-state index in [1.807, 2.05) is 37.3 Å². The quantitative estimate of drug-likeness (QED) is 0.932. The second-order valence-electron chi connectivity index (χ2n) is 5.85. The molecule has 120 valence electrons. The van der Waals surface area contributed by atoms with E-state index in [-0.39, 0.29) is 5.91 Å². The van der Waals surface area contributed by atoms with Crippen molar-refractivity contribution in [3.63, 3.8) is 0 Å². The normalized spacial score (nSPS) is 13.9. The molecule has 4 heteroatoms. The number of para-hydroxylation sites is 2. The van der Waals surface area contributed by atoms with Crippen molar-refractivity contribution >= 4 is 17.3 Å². The third-order valence-corrected chi connectivity index (χ3v) is 4.27. The summed E-state index contributed by atoms with van der Waals surface area (Å²) in [5, 5.41) is 3.04. The van der Waals surface area contributed by atoms with Gasteiger partial charge in [-0.25, -0.2) is 0 Å². The van der Waals surface area contributed by atoms with Gasteiger partial charge in [0.15, 0.2) is 0 Å². The summed E-state index contributed by atoms with van der Waals surface area (Å²) in [6, 6.07) is 13.5. The van der Waals surface area contributed by atoms with Crippen LogP contribution in [0, 0.1) is 6.92 Å². The first-order valence-electron chi connectivity index (χ1n) is 7.99. The first kappa shape index (κ1) is 15.4. The molecule has 4 nitrogen and oxygen atoms in total. The molecule has 2 aromatic rings. The van der Waals surface area contributed by atoms with Crippen LogP contribution in [0.3, 0.4) is 0 Å². The van der Waals surface area contributed by atoms with Crippen molar-refractivity contribution in [3.05, 3.63) is 53.6 Å². The summed E-state index contributed by atoms with van der Waals surface area (Å²) in [6.45, 7) is 4.06. The molecule has 0 atom stereocenters. The number of rotatable bonds is 4. The average Bonchev–Trinajstić information content (AvgIpc) is 3.10. The number of ether oxygens (including phenoxy) is 1. The molecule has 1 fully saturated rings. The van der Waals surface area contributed by atoms with Gasteiger partial charge in [-0.05, 0) is 49.6 Å². The number of carbonyl (C=O) groups is 1. The van der Waals surface area contributed by atoms with Gasteiger partial charge in [0.2, 0.25) is 0 Å². The van der Waals surface area contributed by atoms with Crippen LogP contribution >= 0.6 is 0 Å². The van der Waals surface area contributed by atoms with Crippen LogP contribution in [0.25, 0.3) is 0 Å². The third kappa shape index (κ3) is 3.31. The Bertz CT molecular complexity index is 706. The summed E-state index contributed by atoms with van der Waals surface area (Å²) in [6.07, 6.45) is 2.41. The van der Waals surface area contributed by atoms with Gasteiger partial charge >= 0.3 is 0 Å². The summed E-state index contributed by atoms with van der Waals surface area (Å²) >= 11 is 0. The molecule has 0 aliphatic carbocycles. The summed E-state index contributed by atoms with van der Waals surface area (Å²) < 4.78 is 5.30. The number of methoxy groups -OCH3 is 1. The largest absolute Gasteiger partial charge is 0.496 e. The number of nitrogens with one attached hydrogen (secondary N) is 1. The van der Waals surface area contributed by atoms with Crippen LogP contribution in [0.2, 0.25) is 0 Å². The molecule has 1 aliphatic heterocycles. The third-order valence-electron chi connectivity index (χ3n) is 4.27. The minimum absolute atomic E-state index is 0.116. The molecule has 3 rings (SSSR count). The van der Waals surface area contributed by atoms with Gasteiger partial charge in [0.05, 0.1) is 18.5 Å². The highest BCUT2D eigenvalue weighted by Gasteiger charge is 2.17. The van der Waals surface area contributed by atoms with Gasteiger partial charge in [-0.3, -0.25) is 4.79 Å². The Labute approximate surface area is 137 Å². The Balaban J connectivity index is 1.83. The monoisotopic (exact) mass is 310 g/mol. The summed E-state index contributed by atoms with van der Waals surface area (Å²) in [4.78, 5) is 14.9. The maximum absolute atomic E-state index is 12.6. The van der Waals surface area contributed by atoms with Gasteiger partial charge in [-0.1, -0.05) is 18.2 Å². The van der Waals surface area contributed by atoms with Crippen molar-refractivity contribution in [1.82, 2.24) is 0 Å². The predicted molar refractivity (Wildman–Crippen MR) is 93.6 cm³/mol. The zero-order valence-electron chi connectivity index (χ0n) is 13.6. The van der Waals surface area contributed by atoms with Gasteiger partial charge in [-0.2, -0.15) is 0 Å². The van der Waals surface area contributed by atoms with E-state index in [0.717, 1.165) is 35.8 Å². The number of hydrogen-bond acceptors (Lipinski definition) is 3. The van der Waals surface area contributed by atoms with E-state index in [2.05, 4.69) is 16.3 Å². The van der Waals surface area contributed by atoms with Crippen LogP contribution in [0.15, 0.2) is 42.5 Å². The number of nitrogens with zero attached hydrogens (tertiary/aromatic N) is 1. The molecule has 0 saturated carbocycles. The van der Waals surface area contributed by atoms with Crippen LogP contribution < -0.4 is 15.0 Å². The van der Waals surface area contributed by atoms with E-state index in [9.17, 15) is 4.79 Å². The highest BCUT2D eigenvalue weighted by Crippen LogP contribution is 2.29. The molecule has 0 spiro atoms. The molecular formula is C19H22N2O2. The molecule has 1 saturated heterocycles. The molecule has 0 radical (unpaired) electrons. The SMILES string of the molecule is COc1cc(C(=O)Nc2ccccc2N2CCCC2)ccc1C. The Morgan fingerprint density at radius 1 is 1.13 bits per heavy atom. The second-order valence-corrected chi connectivity index (χ2v) is 5.85. The van der Waals surface area contributed by atoms with E-state index < -0.39 is 0 Å². The molecule has 1 aliphatic rings. The van der Waals surface area contributed by atoms with Crippen molar-refractivity contribution in [1.29, 1.82) is 0 Å². The zero-order valence-corrected chi connectivity index (χ0v) is 13.6. The van der Waals surface area contributed by atoms with E-state index in [1.54, 1.807) is 13.2 Å². The number of carbonyl (C=O) groups excluding carboxylic acids is 1. The van der Waals surface area contributed by atoms with Crippen LogP contribution in [0.4, 0.5) is 11.4 Å². The summed E-state index contributed by atoms with van der Waals surface area (Å²) in [5.41, 5.74) is 3.57. The van der Waals surface area contributed by atoms with Gasteiger partial charge in [-0.15, -0.1) is 0 Å². The Hall–Kier alpha value is -2.49. The summed E-state index contributed by atoms with van der Waals surface area (Å²) in [7, 11) is 1.62. The Morgan fingerprint density at radius 2 is 1.87 bits per heavy atom. The maximum atomic E-state index is 12.6. The van der Waals surface area contributed by atoms with Crippen molar-refractivity contribution < 1.29 is 9.53 Å². The van der Waals surface area contributed by atoms with Crippen molar-refractivity contribution in [2.75, 3.05) is 30.4 Å². The average molecular weight is 310 g/mol. The minimum Gasteiger partial charge on any atom is -0.496 e. The van der Waals surface area contributed by atoms with Crippen molar-refractivity contribution in [2.45, 2.75) is 19.8 Å². The maximum Gasteiger partial charge on any atom is 0.255 e. The smallest absolute Gasteiger partial charge is 0.255 e. The molecule has 0 bridgehead atoms. The van der Waals surface area contributed by atoms with Crippen LogP contribution in [-0.2, 0) is 0 Å². The van der Waals surface area contributed by atoms with E-state index in [1.165, 1.54) is 12.8 Å². The lowest BCUT2D eigenvalue weighted by Gasteiger charge is -2.21. The molecule has 1 heterocycles. The fourth-order valence-electron chi connectivity index (χ4n) is 2.97. The Morgan fingerprint density at radius 3 is 2.61 bits per heavy atom. The number of benzene rings is 2. The molecule has 0 aromatic heterocycles. The van der Waals surface area contributed by atoms with E-state index in [4.69, 9.17) is 4.74 Å². The van der Waals surface area contributed by atoms with Crippen LogP contribution in [0.5, 0.6) is 5.75 Å². The Kier molecular flexibility index (Phi) is 4.51. The fourth-order valence-corrected chi connectivity index (χ4v) is 2.97. The van der Waals surface area contributed by atoms with E-state index >= 15 is 0 Å². The number of amides is 1. The van der Waals surface area contributed by atoms with Crippen LogP contribution in [0.1, 0.15) is 28.8 Å². The lowest BCUT2D eigenvalue weighted by atomic mass is 10.1. The predicted octanol–water partition coefficient (Wildman–Crippen LogP) is 3.86. The summed E-state index contributed by atoms with van der Waals surface area (Å²) in [5.74, 6) is 0.612. The van der Waals surface area contributed by atoms with Gasteiger partial charge in [0.25, 0.3) is 5.91 Å². The molecule has 23 heavy (non-hydrogen) atoms.